The number of carbonyl (C=O) groups excluding carboxylic acids is 1. The van der Waals surface area contributed by atoms with E-state index in [1.807, 2.05) is 23.6 Å². The smallest absolute Gasteiger partial charge is 0.235 e. The van der Waals surface area contributed by atoms with Crippen molar-refractivity contribution in [2.45, 2.75) is 17.7 Å². The molecule has 0 radical (unpaired) electrons. The van der Waals surface area contributed by atoms with Crippen LogP contribution in [-0.2, 0) is 4.79 Å². The highest BCUT2D eigenvalue weighted by Gasteiger charge is 2.68. The molecule has 7 heteroatoms. The number of amides is 1. The van der Waals surface area contributed by atoms with Gasteiger partial charge in [0.15, 0.2) is 5.13 Å². The Balaban J connectivity index is 1.78. The van der Waals surface area contributed by atoms with Crippen LogP contribution in [0.2, 0.25) is 5.02 Å². The summed E-state index contributed by atoms with van der Waals surface area (Å²) in [6.07, 6.45) is 0.442. The van der Waals surface area contributed by atoms with E-state index >= 15 is 0 Å². The molecule has 1 fully saturated rings. The summed E-state index contributed by atoms with van der Waals surface area (Å²) in [5.41, 5.74) is 0.800. The lowest BCUT2D eigenvalue weighted by molar-refractivity contribution is -0.120. The van der Waals surface area contributed by atoms with Crippen molar-refractivity contribution in [3.8, 4) is 11.3 Å². The van der Waals surface area contributed by atoms with E-state index in [-0.39, 0.29) is 5.91 Å². The molecular weight excluding hydrogens is 351 g/mol. The standard InChI is InChI=1S/C14H11Cl3N2OS/c1-13(7-14(13,16)17)11(20)19-12-18-10(6-21-12)8-4-2-3-5-9(8)15/h2-6H,7H2,1H3,(H,18,19,20)/t13-/m0/s1. The normalized spacial score (nSPS) is 22.9. The minimum absolute atomic E-state index is 0.215. The molecule has 1 aromatic heterocycles. The van der Waals surface area contributed by atoms with Crippen molar-refractivity contribution in [1.29, 1.82) is 0 Å². The molecular formula is C14H11Cl3N2OS. The van der Waals surface area contributed by atoms with Gasteiger partial charge in [-0.05, 0) is 19.4 Å². The van der Waals surface area contributed by atoms with Gasteiger partial charge in [-0.1, -0.05) is 29.8 Å². The van der Waals surface area contributed by atoms with Crippen molar-refractivity contribution in [2.75, 3.05) is 5.32 Å². The Bertz CT molecular complexity index is 716. The molecule has 1 atom stereocenters. The van der Waals surface area contributed by atoms with E-state index in [2.05, 4.69) is 10.3 Å². The number of alkyl halides is 2. The van der Waals surface area contributed by atoms with Gasteiger partial charge in [-0.15, -0.1) is 34.5 Å². The number of nitrogens with zero attached hydrogens (tertiary/aromatic N) is 1. The molecule has 3 nitrogen and oxygen atoms in total. The third-order valence-electron chi connectivity index (χ3n) is 3.63. The second kappa shape index (κ2) is 5.13. The van der Waals surface area contributed by atoms with Crippen molar-refractivity contribution in [3.63, 3.8) is 0 Å². The van der Waals surface area contributed by atoms with Gasteiger partial charge in [0, 0.05) is 16.0 Å². The first-order valence-corrected chi connectivity index (χ1v) is 8.24. The van der Waals surface area contributed by atoms with Crippen molar-refractivity contribution < 1.29 is 4.79 Å². The Morgan fingerprint density at radius 3 is 2.67 bits per heavy atom. The predicted molar refractivity (Wildman–Crippen MR) is 88.4 cm³/mol. The molecule has 1 N–H and O–H groups in total. The number of hydrogen-bond donors (Lipinski definition) is 1. The first-order chi connectivity index (χ1) is 9.83. The summed E-state index contributed by atoms with van der Waals surface area (Å²) in [5.74, 6) is -0.215. The third-order valence-corrected chi connectivity index (χ3v) is 5.82. The Labute approximate surface area is 141 Å². The third kappa shape index (κ3) is 2.66. The summed E-state index contributed by atoms with van der Waals surface area (Å²) in [4.78, 5) is 16.6. The summed E-state index contributed by atoms with van der Waals surface area (Å²) in [7, 11) is 0. The molecule has 0 bridgehead atoms. The quantitative estimate of drug-likeness (QED) is 0.783. The van der Waals surface area contributed by atoms with Crippen molar-refractivity contribution >= 4 is 57.2 Å². The zero-order valence-electron chi connectivity index (χ0n) is 11.0. The SMILES string of the molecule is C[C@@]1(C(=O)Nc2nc(-c3ccccc3Cl)cs2)CC1(Cl)Cl. The number of nitrogens with one attached hydrogen (secondary N) is 1. The Morgan fingerprint density at radius 2 is 2.05 bits per heavy atom. The minimum Gasteiger partial charge on any atom is -0.301 e. The van der Waals surface area contributed by atoms with Crippen LogP contribution in [0.15, 0.2) is 29.6 Å². The largest absolute Gasteiger partial charge is 0.301 e. The van der Waals surface area contributed by atoms with Gasteiger partial charge in [-0.3, -0.25) is 4.79 Å². The molecule has 1 heterocycles. The maximum atomic E-state index is 12.2. The topological polar surface area (TPSA) is 42.0 Å². The number of benzene rings is 1. The molecule has 110 valence electrons. The molecule has 1 aliphatic carbocycles. The first-order valence-electron chi connectivity index (χ1n) is 6.23. The molecule has 21 heavy (non-hydrogen) atoms. The van der Waals surface area contributed by atoms with Crippen molar-refractivity contribution in [2.24, 2.45) is 5.41 Å². The second-order valence-corrected chi connectivity index (χ2v) is 7.93. The van der Waals surface area contributed by atoms with Crippen molar-refractivity contribution in [3.05, 3.63) is 34.7 Å². The molecule has 2 aromatic rings. The monoisotopic (exact) mass is 360 g/mol. The Morgan fingerprint density at radius 1 is 1.38 bits per heavy atom. The summed E-state index contributed by atoms with van der Waals surface area (Å²) in [6.45, 7) is 1.74. The summed E-state index contributed by atoms with van der Waals surface area (Å²) in [6, 6.07) is 7.43. The molecule has 3 rings (SSSR count). The highest BCUT2D eigenvalue weighted by Crippen LogP contribution is 2.64. The summed E-state index contributed by atoms with van der Waals surface area (Å²) in [5, 5.41) is 5.74. The molecule has 1 aromatic carbocycles. The lowest BCUT2D eigenvalue weighted by atomic mass is 10.1. The van der Waals surface area contributed by atoms with E-state index in [4.69, 9.17) is 34.8 Å². The Kier molecular flexibility index (Phi) is 3.69. The minimum atomic E-state index is -0.986. The summed E-state index contributed by atoms with van der Waals surface area (Å²) >= 11 is 19.5. The first kappa shape index (κ1) is 15.1. The fourth-order valence-corrected chi connectivity index (χ4v) is 3.65. The summed E-state index contributed by atoms with van der Waals surface area (Å²) < 4.78 is -0.986. The number of halogens is 3. The zero-order chi connectivity index (χ0) is 15.3. The van der Waals surface area contributed by atoms with Gasteiger partial charge >= 0.3 is 0 Å². The van der Waals surface area contributed by atoms with Gasteiger partial charge in [0.05, 0.1) is 11.1 Å². The highest BCUT2D eigenvalue weighted by molar-refractivity contribution is 7.14. The van der Waals surface area contributed by atoms with Crippen LogP contribution in [0.25, 0.3) is 11.3 Å². The van der Waals surface area contributed by atoms with Gasteiger partial charge in [0.1, 0.15) is 4.33 Å². The predicted octanol–water partition coefficient (Wildman–Crippen LogP) is 4.99. The fourth-order valence-electron chi connectivity index (χ4n) is 2.01. The number of rotatable bonds is 3. The van der Waals surface area contributed by atoms with E-state index in [1.165, 1.54) is 11.3 Å². The van der Waals surface area contributed by atoms with Gasteiger partial charge in [0.25, 0.3) is 0 Å². The highest BCUT2D eigenvalue weighted by atomic mass is 35.5. The van der Waals surface area contributed by atoms with Crippen LogP contribution in [0.4, 0.5) is 5.13 Å². The van der Waals surface area contributed by atoms with Crippen LogP contribution in [0.1, 0.15) is 13.3 Å². The van der Waals surface area contributed by atoms with Crippen LogP contribution in [0.5, 0.6) is 0 Å². The average molecular weight is 362 g/mol. The van der Waals surface area contributed by atoms with Gasteiger partial charge in [-0.2, -0.15) is 0 Å². The number of anilines is 1. The van der Waals surface area contributed by atoms with Gasteiger partial charge in [-0.25, -0.2) is 4.98 Å². The lowest BCUT2D eigenvalue weighted by Crippen LogP contribution is -2.25. The number of hydrogen-bond acceptors (Lipinski definition) is 3. The van der Waals surface area contributed by atoms with Crippen LogP contribution in [-0.4, -0.2) is 15.2 Å². The molecule has 0 aliphatic heterocycles. The molecule has 0 spiro atoms. The van der Waals surface area contributed by atoms with Gasteiger partial charge < -0.3 is 5.32 Å². The van der Waals surface area contributed by atoms with E-state index in [0.717, 1.165) is 11.3 Å². The second-order valence-electron chi connectivity index (χ2n) is 5.19. The van der Waals surface area contributed by atoms with Gasteiger partial charge in [0.2, 0.25) is 5.91 Å². The number of aromatic nitrogens is 1. The van der Waals surface area contributed by atoms with E-state index in [1.54, 1.807) is 13.0 Å². The van der Waals surface area contributed by atoms with E-state index in [9.17, 15) is 4.79 Å². The van der Waals surface area contributed by atoms with Crippen LogP contribution in [0.3, 0.4) is 0 Å². The number of thiazole rings is 1. The Hall–Kier alpha value is -0.810. The van der Waals surface area contributed by atoms with Crippen LogP contribution in [0, 0.1) is 5.41 Å². The lowest BCUT2D eigenvalue weighted by Gasteiger charge is -2.10. The molecule has 1 saturated carbocycles. The van der Waals surface area contributed by atoms with E-state index < -0.39 is 9.75 Å². The fraction of sp³-hybridized carbons (Fsp3) is 0.286. The average Bonchev–Trinajstić information content (AvgIpc) is 2.75. The molecule has 0 saturated heterocycles. The maximum Gasteiger partial charge on any atom is 0.235 e. The zero-order valence-corrected chi connectivity index (χ0v) is 14.1. The van der Waals surface area contributed by atoms with E-state index in [0.29, 0.717) is 16.6 Å². The van der Waals surface area contributed by atoms with Crippen LogP contribution < -0.4 is 5.32 Å². The molecule has 1 amide bonds. The molecule has 0 unspecified atom stereocenters. The maximum absolute atomic E-state index is 12.2. The molecule has 1 aliphatic rings. The van der Waals surface area contributed by atoms with Crippen molar-refractivity contribution in [1.82, 2.24) is 4.98 Å². The number of carbonyl (C=O) groups is 1. The van der Waals surface area contributed by atoms with Crippen LogP contribution >= 0.6 is 46.1 Å².